The van der Waals surface area contributed by atoms with Crippen molar-refractivity contribution in [1.82, 2.24) is 20.4 Å². The van der Waals surface area contributed by atoms with E-state index >= 15 is 0 Å². The maximum Gasteiger partial charge on any atom is 0.236 e. The van der Waals surface area contributed by atoms with Gasteiger partial charge in [0.15, 0.2) is 5.82 Å². The molecule has 1 aliphatic carbocycles. The number of aromatic nitrogens is 2. The van der Waals surface area contributed by atoms with E-state index in [1.807, 2.05) is 0 Å². The highest BCUT2D eigenvalue weighted by Crippen LogP contribution is 2.33. The Labute approximate surface area is 139 Å². The lowest BCUT2D eigenvalue weighted by Crippen LogP contribution is -2.48. The van der Waals surface area contributed by atoms with Crippen LogP contribution in [0.15, 0.2) is 4.52 Å². The number of nitrogens with zero attached hydrogens (tertiary/aromatic N) is 3. The molecule has 3 unspecified atom stereocenters. The van der Waals surface area contributed by atoms with Gasteiger partial charge in [0, 0.05) is 19.6 Å². The van der Waals surface area contributed by atoms with Gasteiger partial charge in [0.05, 0.1) is 18.1 Å². The average Bonchev–Trinajstić information content (AvgIpc) is 3.24. The summed E-state index contributed by atoms with van der Waals surface area (Å²) in [5.74, 6) is 1.36. The number of hydrogen-bond donors (Lipinski definition) is 1. The highest BCUT2D eigenvalue weighted by molar-refractivity contribution is 5.81. The van der Waals surface area contributed by atoms with Gasteiger partial charge in [-0.2, -0.15) is 4.98 Å². The Morgan fingerprint density at radius 3 is 2.88 bits per heavy atom. The van der Waals surface area contributed by atoms with Gasteiger partial charge in [0.25, 0.3) is 0 Å². The molecule has 1 N–H and O–H groups in total. The number of nitrogens with one attached hydrogen (secondary N) is 1. The molecule has 24 heavy (non-hydrogen) atoms. The molecule has 0 radical (unpaired) electrons. The molecular weight excluding hydrogens is 312 g/mol. The molecule has 0 spiro atoms. The maximum atomic E-state index is 12.4. The van der Waals surface area contributed by atoms with E-state index in [4.69, 9.17) is 9.26 Å². The van der Waals surface area contributed by atoms with E-state index in [0.717, 1.165) is 6.54 Å². The number of fused-ring (bicyclic) bond motifs is 2. The van der Waals surface area contributed by atoms with Crippen molar-refractivity contribution in [1.29, 1.82) is 0 Å². The first-order valence-electron chi connectivity index (χ1n) is 8.58. The summed E-state index contributed by atoms with van der Waals surface area (Å²) in [4.78, 5) is 30.6. The van der Waals surface area contributed by atoms with E-state index in [-0.39, 0.29) is 36.4 Å². The van der Waals surface area contributed by atoms with Crippen LogP contribution < -0.4 is 5.32 Å². The summed E-state index contributed by atoms with van der Waals surface area (Å²) in [6, 6.07) is 0. The van der Waals surface area contributed by atoms with Crippen LogP contribution in [0.4, 0.5) is 0 Å². The van der Waals surface area contributed by atoms with Crippen molar-refractivity contribution in [2.24, 2.45) is 11.8 Å². The van der Waals surface area contributed by atoms with Crippen molar-refractivity contribution in [3.8, 4) is 0 Å². The van der Waals surface area contributed by atoms with Crippen LogP contribution in [-0.4, -0.2) is 58.7 Å². The summed E-state index contributed by atoms with van der Waals surface area (Å²) in [7, 11) is 0. The van der Waals surface area contributed by atoms with E-state index in [1.54, 1.807) is 11.8 Å². The lowest BCUT2D eigenvalue weighted by atomic mass is 9.99. The summed E-state index contributed by atoms with van der Waals surface area (Å²) in [5, 5.41) is 6.73. The summed E-state index contributed by atoms with van der Waals surface area (Å²) in [6.45, 7) is 3.46. The molecule has 4 rings (SSSR count). The molecule has 3 atom stereocenters. The molecule has 2 saturated heterocycles. The smallest absolute Gasteiger partial charge is 0.236 e. The summed E-state index contributed by atoms with van der Waals surface area (Å²) >= 11 is 0. The third kappa shape index (κ3) is 3.28. The van der Waals surface area contributed by atoms with Gasteiger partial charge in [-0.05, 0) is 32.1 Å². The van der Waals surface area contributed by atoms with Crippen LogP contribution in [0.2, 0.25) is 0 Å². The highest BCUT2D eigenvalue weighted by Gasteiger charge is 2.45. The minimum atomic E-state index is -0.212. The van der Waals surface area contributed by atoms with Gasteiger partial charge in [0.2, 0.25) is 17.7 Å². The number of amides is 2. The Morgan fingerprint density at radius 1 is 1.33 bits per heavy atom. The number of carbonyl (C=O) groups excluding carboxylic acids is 2. The third-order valence-corrected chi connectivity index (χ3v) is 4.98. The SMILES string of the molecule is Cc1noc(CC(=O)N2CC3CC(C(=O)NCC4CC4)C(C2)O3)n1. The Morgan fingerprint density at radius 2 is 2.17 bits per heavy atom. The highest BCUT2D eigenvalue weighted by atomic mass is 16.5. The predicted octanol–water partition coefficient (Wildman–Crippen LogP) is 0.0626. The van der Waals surface area contributed by atoms with Crippen LogP contribution in [0.5, 0.6) is 0 Å². The van der Waals surface area contributed by atoms with Crippen LogP contribution in [0.1, 0.15) is 31.0 Å². The largest absolute Gasteiger partial charge is 0.370 e. The van der Waals surface area contributed by atoms with Crippen molar-refractivity contribution in [3.63, 3.8) is 0 Å². The molecule has 1 aromatic heterocycles. The molecular formula is C16H22N4O4. The molecule has 130 valence electrons. The molecule has 3 heterocycles. The monoisotopic (exact) mass is 334 g/mol. The van der Waals surface area contributed by atoms with Crippen LogP contribution in [-0.2, 0) is 20.7 Å². The minimum Gasteiger partial charge on any atom is -0.370 e. The standard InChI is InChI=1S/C16H22N4O4/c1-9-18-14(24-19-9)5-15(21)20-7-11-4-12(13(8-20)23-11)16(22)17-6-10-2-3-10/h10-13H,2-8H2,1H3,(H,17,22). The van der Waals surface area contributed by atoms with Gasteiger partial charge in [-0.1, -0.05) is 5.16 Å². The van der Waals surface area contributed by atoms with Crippen molar-refractivity contribution in [3.05, 3.63) is 11.7 Å². The molecule has 8 heteroatoms. The lowest BCUT2D eigenvalue weighted by molar-refractivity contribution is -0.142. The predicted molar refractivity (Wildman–Crippen MR) is 81.8 cm³/mol. The van der Waals surface area contributed by atoms with Gasteiger partial charge in [-0.25, -0.2) is 0 Å². The Balaban J connectivity index is 1.33. The zero-order chi connectivity index (χ0) is 16.7. The number of morpholine rings is 1. The molecule has 8 nitrogen and oxygen atoms in total. The zero-order valence-electron chi connectivity index (χ0n) is 13.7. The molecule has 1 aromatic rings. The first kappa shape index (κ1) is 15.6. The van der Waals surface area contributed by atoms with Crippen LogP contribution >= 0.6 is 0 Å². The first-order valence-corrected chi connectivity index (χ1v) is 8.58. The topological polar surface area (TPSA) is 97.6 Å². The van der Waals surface area contributed by atoms with E-state index in [9.17, 15) is 9.59 Å². The normalized spacial score (nSPS) is 28.9. The second kappa shape index (κ2) is 6.16. The molecule has 3 aliphatic rings. The van der Waals surface area contributed by atoms with Crippen LogP contribution in [0.3, 0.4) is 0 Å². The Hall–Kier alpha value is -1.96. The third-order valence-electron chi connectivity index (χ3n) is 4.98. The number of aryl methyl sites for hydroxylation is 1. The van der Waals surface area contributed by atoms with Crippen LogP contribution in [0.25, 0.3) is 0 Å². The van der Waals surface area contributed by atoms with Gasteiger partial charge in [-0.3, -0.25) is 9.59 Å². The van der Waals surface area contributed by atoms with Crippen molar-refractivity contribution < 1.29 is 18.8 Å². The molecule has 1 saturated carbocycles. The van der Waals surface area contributed by atoms with E-state index < -0.39 is 0 Å². The quantitative estimate of drug-likeness (QED) is 0.818. The van der Waals surface area contributed by atoms with Gasteiger partial charge in [0.1, 0.15) is 6.42 Å². The number of likely N-dealkylation sites (tertiary alicyclic amines) is 1. The van der Waals surface area contributed by atoms with Crippen molar-refractivity contribution >= 4 is 11.8 Å². The van der Waals surface area contributed by atoms with Gasteiger partial charge >= 0.3 is 0 Å². The lowest BCUT2D eigenvalue weighted by Gasteiger charge is -2.32. The van der Waals surface area contributed by atoms with E-state index in [2.05, 4.69) is 15.5 Å². The minimum absolute atomic E-state index is 0.0593. The fourth-order valence-corrected chi connectivity index (χ4v) is 3.49. The Kier molecular flexibility index (Phi) is 3.99. The van der Waals surface area contributed by atoms with Gasteiger partial charge in [-0.15, -0.1) is 0 Å². The maximum absolute atomic E-state index is 12.4. The molecule has 2 aliphatic heterocycles. The van der Waals surface area contributed by atoms with Gasteiger partial charge < -0.3 is 19.5 Å². The second-order valence-corrected chi connectivity index (χ2v) is 7.04. The fourth-order valence-electron chi connectivity index (χ4n) is 3.49. The fraction of sp³-hybridized carbons (Fsp3) is 0.750. The van der Waals surface area contributed by atoms with Crippen LogP contribution in [0, 0.1) is 18.8 Å². The second-order valence-electron chi connectivity index (χ2n) is 7.04. The Bertz CT molecular complexity index is 642. The number of hydrogen-bond acceptors (Lipinski definition) is 6. The zero-order valence-corrected chi connectivity index (χ0v) is 13.7. The summed E-state index contributed by atoms with van der Waals surface area (Å²) in [5.41, 5.74) is 0. The van der Waals surface area contributed by atoms with Crippen molar-refractivity contribution in [2.75, 3.05) is 19.6 Å². The summed E-state index contributed by atoms with van der Waals surface area (Å²) < 4.78 is 10.9. The molecule has 2 bridgehead atoms. The molecule has 3 fully saturated rings. The number of carbonyl (C=O) groups is 2. The first-order chi connectivity index (χ1) is 11.6. The molecule has 0 aromatic carbocycles. The van der Waals surface area contributed by atoms with E-state index in [1.165, 1.54) is 12.8 Å². The number of rotatable bonds is 5. The molecule has 2 amide bonds. The summed E-state index contributed by atoms with van der Waals surface area (Å²) in [6.07, 6.45) is 2.93. The number of ether oxygens (including phenoxy) is 1. The van der Waals surface area contributed by atoms with Crippen molar-refractivity contribution in [2.45, 2.75) is 44.8 Å². The van der Waals surface area contributed by atoms with E-state index in [0.29, 0.717) is 37.1 Å². The average molecular weight is 334 g/mol.